The maximum absolute atomic E-state index is 12.3. The number of amides is 1. The fourth-order valence-electron chi connectivity index (χ4n) is 2.21. The van der Waals surface area contributed by atoms with E-state index < -0.39 is 6.04 Å². The molecule has 0 heterocycles. The molecule has 0 saturated heterocycles. The third-order valence-electron chi connectivity index (χ3n) is 3.46. The summed E-state index contributed by atoms with van der Waals surface area (Å²) >= 11 is 0. The number of hydrogen-bond donors (Lipinski definition) is 3. The molecule has 0 radical (unpaired) electrons. The molecule has 6 nitrogen and oxygen atoms in total. The van der Waals surface area contributed by atoms with Gasteiger partial charge in [-0.15, -0.1) is 0 Å². The van der Waals surface area contributed by atoms with Gasteiger partial charge in [-0.05, 0) is 43.2 Å². The zero-order chi connectivity index (χ0) is 17.4. The van der Waals surface area contributed by atoms with Crippen molar-refractivity contribution in [2.24, 2.45) is 5.84 Å². The van der Waals surface area contributed by atoms with Crippen LogP contribution in [-0.2, 0) is 16.0 Å². The van der Waals surface area contributed by atoms with E-state index in [0.717, 1.165) is 5.56 Å². The van der Waals surface area contributed by atoms with Crippen LogP contribution in [0, 0.1) is 0 Å². The van der Waals surface area contributed by atoms with Crippen LogP contribution in [0.15, 0.2) is 54.6 Å². The molecular weight excluding hydrogens is 306 g/mol. The van der Waals surface area contributed by atoms with E-state index in [4.69, 9.17) is 10.6 Å². The standard InChI is InChI=1S/C18H21N3O3/c1-2-24-18(23)14-8-10-15(11-9-14)20-17(22)16(21-19)12-13-6-4-3-5-7-13/h3-11,16,21H,2,12,19H2,1H3,(H,20,22)/t16-/m0/s1. The van der Waals surface area contributed by atoms with Crippen LogP contribution in [0.25, 0.3) is 0 Å². The first-order valence-corrected chi connectivity index (χ1v) is 7.72. The van der Waals surface area contributed by atoms with Crippen molar-refractivity contribution >= 4 is 17.6 Å². The number of rotatable bonds is 7. The van der Waals surface area contributed by atoms with Crippen LogP contribution < -0.4 is 16.6 Å². The molecule has 0 aromatic heterocycles. The van der Waals surface area contributed by atoms with Crippen LogP contribution >= 0.6 is 0 Å². The number of ether oxygens (including phenoxy) is 1. The van der Waals surface area contributed by atoms with Crippen molar-refractivity contribution < 1.29 is 14.3 Å². The second-order valence-electron chi connectivity index (χ2n) is 5.20. The molecule has 4 N–H and O–H groups in total. The molecule has 1 atom stereocenters. The molecule has 0 spiro atoms. The Morgan fingerprint density at radius 3 is 2.33 bits per heavy atom. The molecule has 126 valence electrons. The summed E-state index contributed by atoms with van der Waals surface area (Å²) in [4.78, 5) is 23.9. The van der Waals surface area contributed by atoms with E-state index in [0.29, 0.717) is 24.3 Å². The monoisotopic (exact) mass is 327 g/mol. The number of carbonyl (C=O) groups excluding carboxylic acids is 2. The Hall–Kier alpha value is -2.70. The van der Waals surface area contributed by atoms with Crippen LogP contribution in [0.2, 0.25) is 0 Å². The molecule has 2 aromatic rings. The van der Waals surface area contributed by atoms with Gasteiger partial charge in [0.05, 0.1) is 12.2 Å². The predicted octanol–water partition coefficient (Wildman–Crippen LogP) is 1.88. The quantitative estimate of drug-likeness (QED) is 0.410. The van der Waals surface area contributed by atoms with Gasteiger partial charge < -0.3 is 10.1 Å². The van der Waals surface area contributed by atoms with Gasteiger partial charge in [-0.1, -0.05) is 30.3 Å². The highest BCUT2D eigenvalue weighted by atomic mass is 16.5. The molecular formula is C18H21N3O3. The summed E-state index contributed by atoms with van der Waals surface area (Å²) in [6, 6.07) is 15.6. The molecule has 1 amide bonds. The fraction of sp³-hybridized carbons (Fsp3) is 0.222. The molecule has 0 saturated carbocycles. The van der Waals surface area contributed by atoms with Crippen LogP contribution in [0.5, 0.6) is 0 Å². The zero-order valence-corrected chi connectivity index (χ0v) is 13.5. The molecule has 0 unspecified atom stereocenters. The van der Waals surface area contributed by atoms with E-state index in [2.05, 4.69) is 10.7 Å². The van der Waals surface area contributed by atoms with Crippen molar-refractivity contribution in [3.8, 4) is 0 Å². The van der Waals surface area contributed by atoms with E-state index >= 15 is 0 Å². The number of hydrazine groups is 1. The average Bonchev–Trinajstić information content (AvgIpc) is 2.61. The smallest absolute Gasteiger partial charge is 0.338 e. The minimum absolute atomic E-state index is 0.245. The Balaban J connectivity index is 1.98. The first-order chi connectivity index (χ1) is 11.6. The molecule has 0 aliphatic rings. The molecule has 0 aliphatic heterocycles. The minimum atomic E-state index is -0.558. The summed E-state index contributed by atoms with van der Waals surface area (Å²) in [5.74, 6) is 4.87. The van der Waals surface area contributed by atoms with Crippen molar-refractivity contribution in [3.63, 3.8) is 0 Å². The van der Waals surface area contributed by atoms with Crippen molar-refractivity contribution in [2.45, 2.75) is 19.4 Å². The van der Waals surface area contributed by atoms with E-state index in [-0.39, 0.29) is 11.9 Å². The van der Waals surface area contributed by atoms with Gasteiger partial charge >= 0.3 is 5.97 Å². The maximum atomic E-state index is 12.3. The maximum Gasteiger partial charge on any atom is 0.338 e. The van der Waals surface area contributed by atoms with Gasteiger partial charge in [0.2, 0.25) is 5.91 Å². The van der Waals surface area contributed by atoms with E-state index in [1.807, 2.05) is 30.3 Å². The molecule has 6 heteroatoms. The Morgan fingerprint density at radius 2 is 1.75 bits per heavy atom. The summed E-state index contributed by atoms with van der Waals surface area (Å²) in [5, 5.41) is 2.78. The number of benzene rings is 2. The lowest BCUT2D eigenvalue weighted by Crippen LogP contribution is -2.45. The lowest BCUT2D eigenvalue weighted by Gasteiger charge is -2.16. The number of anilines is 1. The first-order valence-electron chi connectivity index (χ1n) is 7.72. The van der Waals surface area contributed by atoms with Gasteiger partial charge in [-0.25, -0.2) is 10.2 Å². The summed E-state index contributed by atoms with van der Waals surface area (Å²) in [5.41, 5.74) is 4.56. The van der Waals surface area contributed by atoms with E-state index in [1.54, 1.807) is 31.2 Å². The van der Waals surface area contributed by atoms with Crippen molar-refractivity contribution in [3.05, 3.63) is 65.7 Å². The summed E-state index contributed by atoms with van der Waals surface area (Å²) in [7, 11) is 0. The third kappa shape index (κ3) is 4.91. The topological polar surface area (TPSA) is 93.4 Å². The number of carbonyl (C=O) groups is 2. The average molecular weight is 327 g/mol. The molecule has 0 aliphatic carbocycles. The van der Waals surface area contributed by atoms with Gasteiger partial charge in [-0.3, -0.25) is 10.6 Å². The number of hydrogen-bond acceptors (Lipinski definition) is 5. The van der Waals surface area contributed by atoms with E-state index in [9.17, 15) is 9.59 Å². The van der Waals surface area contributed by atoms with E-state index in [1.165, 1.54) is 0 Å². The lowest BCUT2D eigenvalue weighted by atomic mass is 10.1. The largest absolute Gasteiger partial charge is 0.462 e. The van der Waals surface area contributed by atoms with Crippen LogP contribution in [0.3, 0.4) is 0 Å². The number of nitrogens with one attached hydrogen (secondary N) is 2. The van der Waals surface area contributed by atoms with Gasteiger partial charge in [-0.2, -0.15) is 0 Å². The summed E-state index contributed by atoms with van der Waals surface area (Å²) in [6.07, 6.45) is 0.476. The molecule has 2 aromatic carbocycles. The van der Waals surface area contributed by atoms with Crippen molar-refractivity contribution in [1.29, 1.82) is 0 Å². The highest BCUT2D eigenvalue weighted by molar-refractivity contribution is 5.96. The van der Waals surface area contributed by atoms with Crippen molar-refractivity contribution in [2.75, 3.05) is 11.9 Å². The normalized spacial score (nSPS) is 11.6. The Bertz CT molecular complexity index is 672. The summed E-state index contributed by atoms with van der Waals surface area (Å²) in [6.45, 7) is 2.07. The summed E-state index contributed by atoms with van der Waals surface area (Å²) < 4.78 is 4.92. The molecule has 0 bridgehead atoms. The molecule has 24 heavy (non-hydrogen) atoms. The Kier molecular flexibility index (Phi) is 6.48. The van der Waals surface area contributed by atoms with Crippen molar-refractivity contribution in [1.82, 2.24) is 5.43 Å². The van der Waals surface area contributed by atoms with Gasteiger partial charge in [0.1, 0.15) is 6.04 Å². The zero-order valence-electron chi connectivity index (χ0n) is 13.5. The highest BCUT2D eigenvalue weighted by Gasteiger charge is 2.17. The second kappa shape index (κ2) is 8.81. The SMILES string of the molecule is CCOC(=O)c1ccc(NC(=O)[C@H](Cc2ccccc2)NN)cc1. The fourth-order valence-corrected chi connectivity index (χ4v) is 2.21. The highest BCUT2D eigenvalue weighted by Crippen LogP contribution is 2.12. The van der Waals surface area contributed by atoms with Gasteiger partial charge in [0.15, 0.2) is 0 Å². The van der Waals surface area contributed by atoms with Gasteiger partial charge in [0.25, 0.3) is 0 Å². The predicted molar refractivity (Wildman–Crippen MR) is 92.3 cm³/mol. The second-order valence-corrected chi connectivity index (χ2v) is 5.20. The van der Waals surface area contributed by atoms with Crippen LogP contribution in [0.1, 0.15) is 22.8 Å². The first kappa shape index (κ1) is 17.7. The minimum Gasteiger partial charge on any atom is -0.462 e. The molecule has 0 fully saturated rings. The Morgan fingerprint density at radius 1 is 1.08 bits per heavy atom. The third-order valence-corrected chi connectivity index (χ3v) is 3.46. The number of nitrogens with two attached hydrogens (primary N) is 1. The van der Waals surface area contributed by atoms with Gasteiger partial charge in [0, 0.05) is 5.69 Å². The lowest BCUT2D eigenvalue weighted by molar-refractivity contribution is -0.118. The molecule has 2 rings (SSSR count). The Labute approximate surface area is 141 Å². The van der Waals surface area contributed by atoms with Crippen LogP contribution in [0.4, 0.5) is 5.69 Å². The number of esters is 1. The van der Waals surface area contributed by atoms with Crippen LogP contribution in [-0.4, -0.2) is 24.5 Å².